The summed E-state index contributed by atoms with van der Waals surface area (Å²) in [6.45, 7) is 4.50. The molecule has 0 saturated heterocycles. The third-order valence-electron chi connectivity index (χ3n) is 3.38. The van der Waals surface area contributed by atoms with Crippen LogP contribution in [0.5, 0.6) is 0 Å². The Morgan fingerprint density at radius 2 is 1.88 bits per heavy atom. The van der Waals surface area contributed by atoms with Crippen molar-refractivity contribution in [3.8, 4) is 0 Å². The van der Waals surface area contributed by atoms with E-state index in [1.54, 1.807) is 13.8 Å². The van der Waals surface area contributed by atoms with Crippen LogP contribution >= 0.6 is 0 Å². The fraction of sp³-hybridized carbons (Fsp3) is 0.500. The molecule has 1 aromatic rings. The van der Waals surface area contributed by atoms with Gasteiger partial charge >= 0.3 is 6.18 Å². The highest BCUT2D eigenvalue weighted by atomic mass is 19.4. The molecule has 134 valence electrons. The zero-order chi connectivity index (χ0) is 18.5. The molecule has 0 saturated carbocycles. The van der Waals surface area contributed by atoms with Crippen LogP contribution in [0.25, 0.3) is 0 Å². The van der Waals surface area contributed by atoms with Crippen molar-refractivity contribution >= 4 is 11.8 Å². The normalized spacial score (nSPS) is 14.2. The van der Waals surface area contributed by atoms with E-state index in [-0.39, 0.29) is 23.9 Å². The molecule has 5 nitrogen and oxygen atoms in total. The van der Waals surface area contributed by atoms with E-state index in [0.717, 1.165) is 12.1 Å². The fourth-order valence-corrected chi connectivity index (χ4v) is 2.10. The minimum absolute atomic E-state index is 0.0470. The van der Waals surface area contributed by atoms with Crippen LogP contribution in [0.1, 0.15) is 38.0 Å². The van der Waals surface area contributed by atoms with Crippen LogP contribution in [-0.4, -0.2) is 29.5 Å². The molecule has 0 aliphatic rings. The van der Waals surface area contributed by atoms with E-state index in [4.69, 9.17) is 0 Å². The molecule has 3 N–H and O–H groups in total. The molecule has 2 atom stereocenters. The maximum Gasteiger partial charge on any atom is 0.416 e. The molecule has 8 heteroatoms. The van der Waals surface area contributed by atoms with E-state index in [1.807, 2.05) is 0 Å². The van der Waals surface area contributed by atoms with Crippen molar-refractivity contribution in [1.82, 2.24) is 10.6 Å². The zero-order valence-electron chi connectivity index (χ0n) is 13.6. The van der Waals surface area contributed by atoms with Crippen molar-refractivity contribution in [3.63, 3.8) is 0 Å². The Morgan fingerprint density at radius 3 is 2.38 bits per heavy atom. The first-order chi connectivity index (χ1) is 11.0. The van der Waals surface area contributed by atoms with Gasteiger partial charge in [0.05, 0.1) is 11.7 Å². The van der Waals surface area contributed by atoms with E-state index < -0.39 is 29.8 Å². The number of carbonyl (C=O) groups is 2. The van der Waals surface area contributed by atoms with Gasteiger partial charge in [-0.1, -0.05) is 26.0 Å². The van der Waals surface area contributed by atoms with Gasteiger partial charge in [0, 0.05) is 13.5 Å². The van der Waals surface area contributed by atoms with Crippen LogP contribution in [0, 0.1) is 5.92 Å². The number of nitrogens with one attached hydrogen (secondary N) is 2. The fourth-order valence-electron chi connectivity index (χ4n) is 2.10. The van der Waals surface area contributed by atoms with Crippen molar-refractivity contribution in [2.75, 3.05) is 6.54 Å². The average Bonchev–Trinajstić information content (AvgIpc) is 2.48. The third kappa shape index (κ3) is 5.84. The average molecular weight is 346 g/mol. The molecule has 0 aliphatic carbocycles. The SMILES string of the molecule is CC(=O)NC(C(=O)NCC(O)c1cccc(C(F)(F)F)c1)C(C)C. The quantitative estimate of drug-likeness (QED) is 0.737. The lowest BCUT2D eigenvalue weighted by atomic mass is 10.0. The van der Waals surface area contributed by atoms with Crippen LogP contribution < -0.4 is 10.6 Å². The van der Waals surface area contributed by atoms with Gasteiger partial charge in [-0.25, -0.2) is 0 Å². The second-order valence-electron chi connectivity index (χ2n) is 5.81. The van der Waals surface area contributed by atoms with Crippen LogP contribution in [0.4, 0.5) is 13.2 Å². The molecule has 0 aliphatic heterocycles. The van der Waals surface area contributed by atoms with Crippen LogP contribution in [0.3, 0.4) is 0 Å². The summed E-state index contributed by atoms with van der Waals surface area (Å²) in [5, 5.41) is 14.9. The Kier molecular flexibility index (Phi) is 6.77. The summed E-state index contributed by atoms with van der Waals surface area (Å²) >= 11 is 0. The molecule has 0 fully saturated rings. The second kappa shape index (κ2) is 8.14. The summed E-state index contributed by atoms with van der Waals surface area (Å²) in [6.07, 6.45) is -5.80. The number of carbonyl (C=O) groups excluding carboxylic acids is 2. The zero-order valence-corrected chi connectivity index (χ0v) is 13.6. The van der Waals surface area contributed by atoms with Gasteiger partial charge in [0.15, 0.2) is 0 Å². The molecule has 24 heavy (non-hydrogen) atoms. The highest BCUT2D eigenvalue weighted by Crippen LogP contribution is 2.30. The molecule has 0 aromatic heterocycles. The van der Waals surface area contributed by atoms with Crippen molar-refractivity contribution in [2.45, 2.75) is 39.1 Å². The number of aliphatic hydroxyl groups is 1. The summed E-state index contributed by atoms with van der Waals surface area (Å²) in [5.41, 5.74) is -0.825. The Morgan fingerprint density at radius 1 is 1.25 bits per heavy atom. The molecule has 0 spiro atoms. The molecule has 2 amide bonds. The van der Waals surface area contributed by atoms with E-state index >= 15 is 0 Å². The van der Waals surface area contributed by atoms with E-state index in [9.17, 15) is 27.9 Å². The number of hydrogen-bond donors (Lipinski definition) is 3. The topological polar surface area (TPSA) is 78.4 Å². The Hall–Kier alpha value is -2.09. The summed E-state index contributed by atoms with van der Waals surface area (Å²) in [7, 11) is 0. The maximum atomic E-state index is 12.7. The van der Waals surface area contributed by atoms with E-state index in [2.05, 4.69) is 10.6 Å². The number of benzene rings is 1. The van der Waals surface area contributed by atoms with Crippen LogP contribution in [0.15, 0.2) is 24.3 Å². The van der Waals surface area contributed by atoms with Gasteiger partial charge in [-0.05, 0) is 23.6 Å². The van der Waals surface area contributed by atoms with Crippen LogP contribution in [0.2, 0.25) is 0 Å². The number of halogens is 3. The number of rotatable bonds is 6. The molecule has 0 heterocycles. The summed E-state index contributed by atoms with van der Waals surface area (Å²) in [5.74, 6) is -1.06. The molecule has 1 aromatic carbocycles. The highest BCUT2D eigenvalue weighted by Gasteiger charge is 2.31. The predicted molar refractivity (Wildman–Crippen MR) is 81.9 cm³/mol. The molecule has 1 rings (SSSR count). The van der Waals surface area contributed by atoms with Gasteiger partial charge in [-0.2, -0.15) is 13.2 Å². The number of hydrogen-bond acceptors (Lipinski definition) is 3. The van der Waals surface area contributed by atoms with Gasteiger partial charge in [-0.15, -0.1) is 0 Å². The van der Waals surface area contributed by atoms with E-state index in [0.29, 0.717) is 0 Å². The molecular formula is C16H21F3N2O3. The van der Waals surface area contributed by atoms with Crippen LogP contribution in [-0.2, 0) is 15.8 Å². The summed E-state index contributed by atoms with van der Waals surface area (Å²) in [4.78, 5) is 23.2. The molecule has 2 unspecified atom stereocenters. The minimum Gasteiger partial charge on any atom is -0.387 e. The molecule has 0 bridgehead atoms. The predicted octanol–water partition coefficient (Wildman–Crippen LogP) is 2.02. The van der Waals surface area contributed by atoms with Gasteiger partial charge < -0.3 is 15.7 Å². The lowest BCUT2D eigenvalue weighted by molar-refractivity contribution is -0.137. The lowest BCUT2D eigenvalue weighted by Gasteiger charge is -2.22. The number of amides is 2. The van der Waals surface area contributed by atoms with Gasteiger partial charge in [0.1, 0.15) is 6.04 Å². The van der Waals surface area contributed by atoms with Crippen molar-refractivity contribution in [2.24, 2.45) is 5.92 Å². The van der Waals surface area contributed by atoms with Crippen molar-refractivity contribution in [1.29, 1.82) is 0 Å². The van der Waals surface area contributed by atoms with Gasteiger partial charge in [0.2, 0.25) is 11.8 Å². The Balaban J connectivity index is 2.73. The Labute approximate surface area is 138 Å². The minimum atomic E-state index is -4.51. The lowest BCUT2D eigenvalue weighted by Crippen LogP contribution is -2.49. The third-order valence-corrected chi connectivity index (χ3v) is 3.38. The number of alkyl halides is 3. The summed E-state index contributed by atoms with van der Waals surface area (Å²) in [6, 6.07) is 3.50. The highest BCUT2D eigenvalue weighted by molar-refractivity contribution is 5.87. The maximum absolute atomic E-state index is 12.7. The second-order valence-corrected chi connectivity index (χ2v) is 5.81. The van der Waals surface area contributed by atoms with Crippen molar-refractivity contribution in [3.05, 3.63) is 35.4 Å². The first-order valence-electron chi connectivity index (χ1n) is 7.42. The van der Waals surface area contributed by atoms with Gasteiger partial charge in [-0.3, -0.25) is 9.59 Å². The Bertz CT molecular complexity index is 588. The molecule has 0 radical (unpaired) electrons. The van der Waals surface area contributed by atoms with Crippen molar-refractivity contribution < 1.29 is 27.9 Å². The monoisotopic (exact) mass is 346 g/mol. The largest absolute Gasteiger partial charge is 0.416 e. The smallest absolute Gasteiger partial charge is 0.387 e. The number of aliphatic hydroxyl groups excluding tert-OH is 1. The first kappa shape index (κ1) is 20.0. The summed E-state index contributed by atoms with van der Waals surface area (Å²) < 4.78 is 38.0. The van der Waals surface area contributed by atoms with Gasteiger partial charge in [0.25, 0.3) is 0 Å². The first-order valence-corrected chi connectivity index (χ1v) is 7.42. The standard InChI is InChI=1S/C16H21F3N2O3/c1-9(2)14(21-10(3)22)15(24)20-8-13(23)11-5-4-6-12(7-11)16(17,18)19/h4-7,9,13-14,23H,8H2,1-3H3,(H,20,24)(H,21,22). The van der Waals surface area contributed by atoms with E-state index in [1.165, 1.54) is 19.1 Å². The molecular weight excluding hydrogens is 325 g/mol.